The molecule has 21 heavy (non-hydrogen) atoms. The first kappa shape index (κ1) is 16.2. The number of nitrogens with two attached hydrogens (primary N) is 1. The van der Waals surface area contributed by atoms with Crippen LogP contribution in [0.3, 0.4) is 0 Å². The Bertz CT molecular complexity index is 708. The van der Waals surface area contributed by atoms with Gasteiger partial charge >= 0.3 is 0 Å². The summed E-state index contributed by atoms with van der Waals surface area (Å²) in [6, 6.07) is 6.27. The fraction of sp³-hybridized carbons (Fsp3) is 0.0714. The second kappa shape index (κ2) is 6.32. The molecule has 0 saturated heterocycles. The number of hydrogen-bond donors (Lipinski definition) is 2. The molecular formula is C14H10Cl4N2O. The van der Waals surface area contributed by atoms with Crippen LogP contribution < -0.4 is 11.1 Å². The maximum absolute atomic E-state index is 12.3. The zero-order valence-corrected chi connectivity index (χ0v) is 13.8. The van der Waals surface area contributed by atoms with Gasteiger partial charge in [-0.2, -0.15) is 0 Å². The van der Waals surface area contributed by atoms with Gasteiger partial charge in [-0.1, -0.05) is 52.5 Å². The number of amides is 1. The van der Waals surface area contributed by atoms with E-state index in [1.54, 1.807) is 12.1 Å². The highest BCUT2D eigenvalue weighted by molar-refractivity contribution is 6.41. The lowest BCUT2D eigenvalue weighted by molar-refractivity contribution is 0.102. The van der Waals surface area contributed by atoms with E-state index in [2.05, 4.69) is 5.32 Å². The number of benzene rings is 2. The summed E-state index contributed by atoms with van der Waals surface area (Å²) in [5, 5.41) is 3.77. The third kappa shape index (κ3) is 3.38. The molecule has 2 aromatic rings. The second-order valence-electron chi connectivity index (χ2n) is 4.36. The second-order valence-corrected chi connectivity index (χ2v) is 5.96. The van der Waals surface area contributed by atoms with Gasteiger partial charge in [0.25, 0.3) is 5.91 Å². The van der Waals surface area contributed by atoms with Gasteiger partial charge in [0.2, 0.25) is 0 Å². The van der Waals surface area contributed by atoms with Crippen molar-refractivity contribution in [1.82, 2.24) is 0 Å². The lowest BCUT2D eigenvalue weighted by Crippen LogP contribution is -2.13. The highest BCUT2D eigenvalue weighted by Gasteiger charge is 2.15. The molecule has 2 aromatic carbocycles. The van der Waals surface area contributed by atoms with Gasteiger partial charge in [0.15, 0.2) is 0 Å². The number of halogens is 4. The van der Waals surface area contributed by atoms with E-state index in [-0.39, 0.29) is 21.3 Å². The van der Waals surface area contributed by atoms with Crippen LogP contribution in [0.15, 0.2) is 24.3 Å². The summed E-state index contributed by atoms with van der Waals surface area (Å²) in [5.41, 5.74) is 7.25. The molecule has 110 valence electrons. The van der Waals surface area contributed by atoms with Crippen molar-refractivity contribution in [2.45, 2.75) is 6.92 Å². The highest BCUT2D eigenvalue weighted by atomic mass is 35.5. The number of carbonyl (C=O) groups is 1. The molecule has 0 spiro atoms. The number of anilines is 2. The van der Waals surface area contributed by atoms with Crippen LogP contribution >= 0.6 is 46.4 Å². The summed E-state index contributed by atoms with van der Waals surface area (Å²) < 4.78 is 0. The van der Waals surface area contributed by atoms with E-state index < -0.39 is 5.91 Å². The molecule has 0 bridgehead atoms. The summed E-state index contributed by atoms with van der Waals surface area (Å²) in [4.78, 5) is 12.3. The van der Waals surface area contributed by atoms with Crippen LogP contribution in [0.1, 0.15) is 15.9 Å². The van der Waals surface area contributed by atoms with E-state index in [0.29, 0.717) is 15.7 Å². The molecule has 2 rings (SSSR count). The molecule has 0 aromatic heterocycles. The number of carbonyl (C=O) groups excluding carboxylic acids is 1. The predicted octanol–water partition coefficient (Wildman–Crippen LogP) is 5.44. The normalized spacial score (nSPS) is 10.5. The lowest BCUT2D eigenvalue weighted by atomic mass is 10.1. The molecule has 0 atom stereocenters. The fourth-order valence-electron chi connectivity index (χ4n) is 1.67. The van der Waals surface area contributed by atoms with Crippen LogP contribution in [-0.2, 0) is 0 Å². The Hall–Kier alpha value is -1.13. The number of aryl methyl sites for hydroxylation is 1. The molecule has 3 nitrogen and oxygen atoms in total. The molecule has 0 aliphatic carbocycles. The lowest BCUT2D eigenvalue weighted by Gasteiger charge is -2.12. The summed E-state index contributed by atoms with van der Waals surface area (Å²) in [6.45, 7) is 1.81. The van der Waals surface area contributed by atoms with Crippen molar-refractivity contribution in [3.63, 3.8) is 0 Å². The first-order valence-electron chi connectivity index (χ1n) is 5.81. The number of nitrogens with one attached hydrogen (secondary N) is 1. The molecule has 1 amide bonds. The smallest absolute Gasteiger partial charge is 0.255 e. The molecule has 7 heteroatoms. The van der Waals surface area contributed by atoms with Gasteiger partial charge in [-0.25, -0.2) is 0 Å². The van der Waals surface area contributed by atoms with Crippen molar-refractivity contribution in [3.05, 3.63) is 55.5 Å². The van der Waals surface area contributed by atoms with E-state index in [0.717, 1.165) is 5.56 Å². The highest BCUT2D eigenvalue weighted by Crippen LogP contribution is 2.34. The van der Waals surface area contributed by atoms with Gasteiger partial charge in [-0.3, -0.25) is 4.79 Å². The topological polar surface area (TPSA) is 55.1 Å². The average Bonchev–Trinajstić information content (AvgIpc) is 2.44. The average molecular weight is 364 g/mol. The summed E-state index contributed by atoms with van der Waals surface area (Å²) in [5.74, 6) is -0.437. The Morgan fingerprint density at radius 1 is 1.05 bits per heavy atom. The minimum Gasteiger partial charge on any atom is -0.396 e. The largest absolute Gasteiger partial charge is 0.396 e. The van der Waals surface area contributed by atoms with E-state index in [9.17, 15) is 4.79 Å². The molecule has 3 N–H and O–H groups in total. The molecule has 0 aliphatic rings. The maximum atomic E-state index is 12.3. The number of hydrogen-bond acceptors (Lipinski definition) is 2. The molecule has 0 fully saturated rings. The minimum absolute atomic E-state index is 0.203. The SMILES string of the molecule is Cc1ccc(Cl)c(NC(=O)c2cc(Cl)c(N)c(Cl)c2)c1Cl. The van der Waals surface area contributed by atoms with Crippen LogP contribution in [0, 0.1) is 6.92 Å². The first-order valence-corrected chi connectivity index (χ1v) is 7.33. The van der Waals surface area contributed by atoms with Crippen LogP contribution in [0.5, 0.6) is 0 Å². The monoisotopic (exact) mass is 362 g/mol. The Morgan fingerprint density at radius 3 is 2.19 bits per heavy atom. The standard InChI is InChI=1S/C14H10Cl4N2O/c1-6-2-3-8(15)13(11(6)18)20-14(21)7-4-9(16)12(19)10(17)5-7/h2-5H,19H2,1H3,(H,20,21). The molecule has 0 saturated carbocycles. The van der Waals surface area contributed by atoms with Crippen molar-refractivity contribution >= 4 is 63.7 Å². The minimum atomic E-state index is -0.437. The van der Waals surface area contributed by atoms with Gasteiger partial charge in [-0.05, 0) is 30.7 Å². The molecule has 0 unspecified atom stereocenters. The van der Waals surface area contributed by atoms with Crippen LogP contribution in [0.4, 0.5) is 11.4 Å². The van der Waals surface area contributed by atoms with Crippen LogP contribution in [-0.4, -0.2) is 5.91 Å². The Morgan fingerprint density at radius 2 is 1.62 bits per heavy atom. The first-order chi connectivity index (χ1) is 9.81. The van der Waals surface area contributed by atoms with Crippen LogP contribution in [0.2, 0.25) is 20.1 Å². The van der Waals surface area contributed by atoms with Crippen molar-refractivity contribution in [2.75, 3.05) is 11.1 Å². The maximum Gasteiger partial charge on any atom is 0.255 e. The van der Waals surface area contributed by atoms with E-state index in [4.69, 9.17) is 52.1 Å². The molecule has 0 radical (unpaired) electrons. The van der Waals surface area contributed by atoms with Gasteiger partial charge in [0.1, 0.15) is 0 Å². The van der Waals surface area contributed by atoms with Crippen molar-refractivity contribution in [2.24, 2.45) is 0 Å². The third-order valence-corrected chi connectivity index (χ3v) is 4.29. The Labute approximate surface area is 141 Å². The summed E-state index contributed by atoms with van der Waals surface area (Å²) in [7, 11) is 0. The van der Waals surface area contributed by atoms with Gasteiger partial charge in [0, 0.05) is 5.56 Å². The van der Waals surface area contributed by atoms with Crippen molar-refractivity contribution < 1.29 is 4.79 Å². The summed E-state index contributed by atoms with van der Waals surface area (Å²) in [6.07, 6.45) is 0. The molecule has 0 heterocycles. The predicted molar refractivity (Wildman–Crippen MR) is 90.0 cm³/mol. The zero-order chi connectivity index (χ0) is 15.7. The third-order valence-electron chi connectivity index (χ3n) is 2.86. The van der Waals surface area contributed by atoms with Gasteiger partial charge in [0.05, 0.1) is 31.5 Å². The van der Waals surface area contributed by atoms with E-state index >= 15 is 0 Å². The van der Waals surface area contributed by atoms with Crippen molar-refractivity contribution in [1.29, 1.82) is 0 Å². The van der Waals surface area contributed by atoms with E-state index in [1.807, 2.05) is 6.92 Å². The van der Waals surface area contributed by atoms with Gasteiger partial charge < -0.3 is 11.1 Å². The van der Waals surface area contributed by atoms with Crippen LogP contribution in [0.25, 0.3) is 0 Å². The number of nitrogen functional groups attached to an aromatic ring is 1. The molecule has 0 aliphatic heterocycles. The Balaban J connectivity index is 2.37. The van der Waals surface area contributed by atoms with Crippen molar-refractivity contribution in [3.8, 4) is 0 Å². The molecular weight excluding hydrogens is 354 g/mol. The summed E-state index contributed by atoms with van der Waals surface area (Å²) >= 11 is 24.0. The Kier molecular flexibility index (Phi) is 4.89. The quantitative estimate of drug-likeness (QED) is 0.697. The van der Waals surface area contributed by atoms with Gasteiger partial charge in [-0.15, -0.1) is 0 Å². The fourth-order valence-corrected chi connectivity index (χ4v) is 2.62. The number of rotatable bonds is 2. The van der Waals surface area contributed by atoms with E-state index in [1.165, 1.54) is 12.1 Å². The zero-order valence-electron chi connectivity index (χ0n) is 10.8.